The lowest BCUT2D eigenvalue weighted by atomic mass is 10.4. The van der Waals surface area contributed by atoms with Gasteiger partial charge in [0.1, 0.15) is 10.9 Å². The van der Waals surface area contributed by atoms with Gasteiger partial charge in [0, 0.05) is 13.1 Å². The van der Waals surface area contributed by atoms with E-state index < -0.39 is 11.9 Å². The van der Waals surface area contributed by atoms with Gasteiger partial charge in [-0.2, -0.15) is 13.2 Å². The SMILES string of the molecule is CNc1nc(Sc2n[nH]c(C)n2)cc(C(F)(F)F)n1. The maximum absolute atomic E-state index is 12.7. The summed E-state index contributed by atoms with van der Waals surface area (Å²) < 4.78 is 38.0. The normalized spacial score (nSPS) is 11.6. The molecule has 0 atom stereocenters. The van der Waals surface area contributed by atoms with Crippen molar-refractivity contribution in [2.24, 2.45) is 0 Å². The van der Waals surface area contributed by atoms with Crippen molar-refractivity contribution in [1.82, 2.24) is 25.1 Å². The number of hydrogen-bond donors (Lipinski definition) is 2. The van der Waals surface area contributed by atoms with Crippen LogP contribution in [0.4, 0.5) is 19.1 Å². The van der Waals surface area contributed by atoms with Crippen molar-refractivity contribution >= 4 is 17.7 Å². The van der Waals surface area contributed by atoms with E-state index in [1.807, 2.05) is 0 Å². The molecule has 0 spiro atoms. The van der Waals surface area contributed by atoms with Crippen molar-refractivity contribution < 1.29 is 13.2 Å². The molecular formula is C9H9F3N6S. The first-order valence-electron chi connectivity index (χ1n) is 5.09. The van der Waals surface area contributed by atoms with Gasteiger partial charge >= 0.3 is 6.18 Å². The summed E-state index contributed by atoms with van der Waals surface area (Å²) in [6.07, 6.45) is -4.53. The highest BCUT2D eigenvalue weighted by molar-refractivity contribution is 7.99. The van der Waals surface area contributed by atoms with Crippen LogP contribution in [-0.2, 0) is 6.18 Å². The first-order valence-corrected chi connectivity index (χ1v) is 5.91. The Labute approximate surface area is 110 Å². The number of hydrogen-bond acceptors (Lipinski definition) is 6. The van der Waals surface area contributed by atoms with E-state index in [4.69, 9.17) is 0 Å². The topological polar surface area (TPSA) is 79.4 Å². The Morgan fingerprint density at radius 1 is 1.26 bits per heavy atom. The first kappa shape index (κ1) is 13.6. The van der Waals surface area contributed by atoms with E-state index >= 15 is 0 Å². The molecule has 0 aliphatic carbocycles. The molecule has 0 saturated carbocycles. The van der Waals surface area contributed by atoms with Crippen molar-refractivity contribution in [1.29, 1.82) is 0 Å². The minimum Gasteiger partial charge on any atom is -0.357 e. The molecule has 0 unspecified atom stereocenters. The number of aromatic amines is 1. The molecule has 102 valence electrons. The maximum Gasteiger partial charge on any atom is 0.433 e. The Morgan fingerprint density at radius 2 is 2.00 bits per heavy atom. The highest BCUT2D eigenvalue weighted by Gasteiger charge is 2.33. The number of H-pyrrole nitrogens is 1. The van der Waals surface area contributed by atoms with Crippen LogP contribution in [0.5, 0.6) is 0 Å². The predicted molar refractivity (Wildman–Crippen MR) is 61.8 cm³/mol. The van der Waals surface area contributed by atoms with Crippen LogP contribution in [0.25, 0.3) is 0 Å². The average molecular weight is 290 g/mol. The van der Waals surface area contributed by atoms with E-state index in [1.54, 1.807) is 6.92 Å². The van der Waals surface area contributed by atoms with Gasteiger partial charge in [0.15, 0.2) is 5.69 Å². The van der Waals surface area contributed by atoms with Crippen LogP contribution in [0.1, 0.15) is 11.5 Å². The fourth-order valence-corrected chi connectivity index (χ4v) is 1.96. The first-order chi connectivity index (χ1) is 8.88. The third-order valence-corrected chi connectivity index (χ3v) is 2.77. The number of rotatable bonds is 3. The Balaban J connectivity index is 2.34. The summed E-state index contributed by atoms with van der Waals surface area (Å²) in [6.45, 7) is 1.69. The zero-order valence-corrected chi connectivity index (χ0v) is 10.7. The lowest BCUT2D eigenvalue weighted by molar-refractivity contribution is -0.141. The van der Waals surface area contributed by atoms with Crippen molar-refractivity contribution in [2.75, 3.05) is 12.4 Å². The Morgan fingerprint density at radius 3 is 2.53 bits per heavy atom. The van der Waals surface area contributed by atoms with Gasteiger partial charge in [-0.05, 0) is 18.7 Å². The van der Waals surface area contributed by atoms with Gasteiger partial charge in [0.05, 0.1) is 0 Å². The molecule has 10 heteroatoms. The van der Waals surface area contributed by atoms with Gasteiger partial charge < -0.3 is 5.32 Å². The summed E-state index contributed by atoms with van der Waals surface area (Å²) in [4.78, 5) is 11.3. The van der Waals surface area contributed by atoms with Crippen LogP contribution < -0.4 is 5.32 Å². The predicted octanol–water partition coefficient (Wildman–Crippen LogP) is 2.11. The van der Waals surface area contributed by atoms with Crippen molar-refractivity contribution in [3.05, 3.63) is 17.6 Å². The Hall–Kier alpha value is -1.84. The van der Waals surface area contributed by atoms with E-state index in [9.17, 15) is 13.2 Å². The van der Waals surface area contributed by atoms with E-state index in [0.29, 0.717) is 11.0 Å². The van der Waals surface area contributed by atoms with Gasteiger partial charge in [-0.15, -0.1) is 5.10 Å². The van der Waals surface area contributed by atoms with Gasteiger partial charge in [-0.1, -0.05) is 0 Å². The van der Waals surface area contributed by atoms with Crippen LogP contribution in [0.3, 0.4) is 0 Å². The van der Waals surface area contributed by atoms with Crippen LogP contribution in [-0.4, -0.2) is 32.2 Å². The molecule has 0 fully saturated rings. The molecule has 2 rings (SSSR count). The number of aromatic nitrogens is 5. The number of nitrogens with zero attached hydrogens (tertiary/aromatic N) is 4. The third kappa shape index (κ3) is 3.34. The van der Waals surface area contributed by atoms with E-state index in [1.165, 1.54) is 7.05 Å². The molecule has 0 radical (unpaired) electrons. The number of alkyl halides is 3. The van der Waals surface area contributed by atoms with Gasteiger partial charge in [0.25, 0.3) is 0 Å². The zero-order valence-electron chi connectivity index (χ0n) is 9.91. The van der Waals surface area contributed by atoms with E-state index in [-0.39, 0.29) is 11.0 Å². The third-order valence-electron chi connectivity index (χ3n) is 1.99. The number of anilines is 1. The summed E-state index contributed by atoms with van der Waals surface area (Å²) in [6, 6.07) is 0.858. The quantitative estimate of drug-likeness (QED) is 0.843. The Kier molecular flexibility index (Phi) is 3.60. The highest BCUT2D eigenvalue weighted by Crippen LogP contribution is 2.32. The second-order valence-electron chi connectivity index (χ2n) is 3.47. The lowest BCUT2D eigenvalue weighted by Crippen LogP contribution is -2.11. The lowest BCUT2D eigenvalue weighted by Gasteiger charge is -2.08. The van der Waals surface area contributed by atoms with Crippen LogP contribution in [0.15, 0.2) is 16.2 Å². The molecule has 2 aromatic heterocycles. The maximum atomic E-state index is 12.7. The fraction of sp³-hybridized carbons (Fsp3) is 0.333. The molecule has 6 nitrogen and oxygen atoms in total. The van der Waals surface area contributed by atoms with E-state index in [0.717, 1.165) is 17.8 Å². The molecule has 2 heterocycles. The van der Waals surface area contributed by atoms with Crippen molar-refractivity contribution in [3.8, 4) is 0 Å². The summed E-state index contributed by atoms with van der Waals surface area (Å²) in [5, 5.41) is 9.32. The molecule has 2 aromatic rings. The molecule has 19 heavy (non-hydrogen) atoms. The molecule has 0 bridgehead atoms. The molecule has 0 aliphatic heterocycles. The van der Waals surface area contributed by atoms with Crippen LogP contribution in [0, 0.1) is 6.92 Å². The summed E-state index contributed by atoms with van der Waals surface area (Å²) in [5.74, 6) is 0.464. The largest absolute Gasteiger partial charge is 0.433 e. The fourth-order valence-electron chi connectivity index (χ4n) is 1.20. The Bertz CT molecular complexity index is 582. The minimum absolute atomic E-state index is 0.107. The molecule has 0 amide bonds. The average Bonchev–Trinajstić information content (AvgIpc) is 2.73. The molecular weight excluding hydrogens is 281 g/mol. The summed E-state index contributed by atoms with van der Waals surface area (Å²) >= 11 is 0.924. The highest BCUT2D eigenvalue weighted by atomic mass is 32.2. The molecule has 0 saturated heterocycles. The van der Waals surface area contributed by atoms with Gasteiger partial charge in [0.2, 0.25) is 11.1 Å². The van der Waals surface area contributed by atoms with Gasteiger partial charge in [-0.3, -0.25) is 5.10 Å². The zero-order chi connectivity index (χ0) is 14.0. The monoisotopic (exact) mass is 290 g/mol. The second-order valence-corrected chi connectivity index (χ2v) is 4.46. The standard InChI is InChI=1S/C9H9F3N6S/c1-4-14-8(18-17-4)19-6-3-5(9(10,11)12)15-7(13-2)16-6/h3H,1-2H3,(H,13,15,16)(H,14,17,18). The van der Waals surface area contributed by atoms with Crippen LogP contribution >= 0.6 is 11.8 Å². The molecule has 0 aromatic carbocycles. The summed E-state index contributed by atoms with van der Waals surface area (Å²) in [5.41, 5.74) is -1.01. The number of nitrogens with one attached hydrogen (secondary N) is 2. The smallest absolute Gasteiger partial charge is 0.357 e. The van der Waals surface area contributed by atoms with Crippen LogP contribution in [0.2, 0.25) is 0 Å². The number of aryl methyl sites for hydroxylation is 1. The van der Waals surface area contributed by atoms with E-state index in [2.05, 4.69) is 30.5 Å². The minimum atomic E-state index is -4.53. The molecule has 0 aliphatic rings. The summed E-state index contributed by atoms with van der Waals surface area (Å²) in [7, 11) is 1.45. The molecule has 2 N–H and O–H groups in total. The van der Waals surface area contributed by atoms with Gasteiger partial charge in [-0.25, -0.2) is 15.0 Å². The van der Waals surface area contributed by atoms with Crippen molar-refractivity contribution in [2.45, 2.75) is 23.3 Å². The van der Waals surface area contributed by atoms with Crippen molar-refractivity contribution in [3.63, 3.8) is 0 Å². The second kappa shape index (κ2) is 5.03. The number of halogens is 3.